The van der Waals surface area contributed by atoms with E-state index in [-0.39, 0.29) is 34.4 Å². The first-order valence-corrected chi connectivity index (χ1v) is 13.3. The van der Waals surface area contributed by atoms with Crippen molar-refractivity contribution in [3.05, 3.63) is 88.9 Å². The van der Waals surface area contributed by atoms with E-state index >= 15 is 0 Å². The smallest absolute Gasteiger partial charge is 0.338 e. The van der Waals surface area contributed by atoms with Gasteiger partial charge in [0, 0.05) is 37.4 Å². The number of carbonyl (C=O) groups is 4. The summed E-state index contributed by atoms with van der Waals surface area (Å²) in [4.78, 5) is 56.4. The normalized spacial score (nSPS) is 17.7. The van der Waals surface area contributed by atoms with Gasteiger partial charge in [0.1, 0.15) is 5.75 Å². The summed E-state index contributed by atoms with van der Waals surface area (Å²) in [5.74, 6) is -0.874. The molecule has 0 bridgehead atoms. The van der Waals surface area contributed by atoms with E-state index in [9.17, 15) is 19.2 Å². The van der Waals surface area contributed by atoms with Crippen molar-refractivity contribution in [2.75, 3.05) is 49.7 Å². The van der Waals surface area contributed by atoms with Crippen LogP contribution in [0.5, 0.6) is 5.75 Å². The Labute approximate surface area is 236 Å². The van der Waals surface area contributed by atoms with Crippen LogP contribution in [-0.2, 0) is 14.3 Å². The summed E-state index contributed by atoms with van der Waals surface area (Å²) in [5.41, 5.74) is 1.94. The summed E-state index contributed by atoms with van der Waals surface area (Å²) in [5, 5.41) is 0.283. The molecule has 2 aliphatic rings. The zero-order valence-electron chi connectivity index (χ0n) is 21.9. The molecule has 0 aromatic heterocycles. The number of methoxy groups -OCH3 is 1. The van der Waals surface area contributed by atoms with E-state index in [1.54, 1.807) is 31.4 Å². The lowest BCUT2D eigenvalue weighted by Crippen LogP contribution is -2.52. The molecule has 1 unspecified atom stereocenters. The van der Waals surface area contributed by atoms with E-state index in [0.29, 0.717) is 18.8 Å². The molecule has 0 radical (unpaired) electrons. The molecule has 2 aliphatic heterocycles. The zero-order chi connectivity index (χ0) is 28.2. The molecule has 0 N–H and O–H groups in total. The van der Waals surface area contributed by atoms with Gasteiger partial charge in [-0.2, -0.15) is 0 Å². The number of Topliss-reactive ketones (excluding diaryl/α,β-unsaturated/α-hetero) is 1. The lowest BCUT2D eigenvalue weighted by Gasteiger charge is -2.38. The first kappa shape index (κ1) is 27.4. The maximum Gasteiger partial charge on any atom is 0.338 e. The number of imide groups is 1. The van der Waals surface area contributed by atoms with Gasteiger partial charge in [-0.25, -0.2) is 9.69 Å². The minimum atomic E-state index is -0.696. The summed E-state index contributed by atoms with van der Waals surface area (Å²) < 4.78 is 10.4. The molecule has 0 aliphatic carbocycles. The highest BCUT2D eigenvalue weighted by molar-refractivity contribution is 6.34. The Morgan fingerprint density at radius 2 is 1.52 bits per heavy atom. The van der Waals surface area contributed by atoms with Crippen LogP contribution < -0.4 is 14.5 Å². The lowest BCUT2D eigenvalue weighted by molar-refractivity contribution is -0.123. The molecule has 2 amide bonds. The van der Waals surface area contributed by atoms with Crippen molar-refractivity contribution in [3.63, 3.8) is 0 Å². The predicted molar refractivity (Wildman–Crippen MR) is 150 cm³/mol. The van der Waals surface area contributed by atoms with Crippen LogP contribution in [0.25, 0.3) is 0 Å². The number of halogens is 1. The van der Waals surface area contributed by atoms with E-state index in [0.717, 1.165) is 24.5 Å². The van der Waals surface area contributed by atoms with Gasteiger partial charge in [0.05, 0.1) is 35.8 Å². The zero-order valence-corrected chi connectivity index (χ0v) is 22.7. The molecule has 2 fully saturated rings. The Balaban J connectivity index is 1.17. The maximum atomic E-state index is 13.3. The molecule has 2 saturated heterocycles. The Morgan fingerprint density at radius 3 is 2.17 bits per heavy atom. The van der Waals surface area contributed by atoms with Crippen LogP contribution in [-0.4, -0.2) is 74.4 Å². The van der Waals surface area contributed by atoms with Crippen LogP contribution in [0.1, 0.15) is 27.1 Å². The second-order valence-corrected chi connectivity index (χ2v) is 9.94. The summed E-state index contributed by atoms with van der Waals surface area (Å²) >= 11 is 6.03. The quantitative estimate of drug-likeness (QED) is 0.232. The van der Waals surface area contributed by atoms with Crippen LogP contribution in [0.15, 0.2) is 72.8 Å². The number of amides is 2. The Hall–Kier alpha value is -4.21. The van der Waals surface area contributed by atoms with Gasteiger partial charge in [-0.15, -0.1) is 0 Å². The fraction of sp³-hybridized carbons (Fsp3) is 0.267. The highest BCUT2D eigenvalue weighted by Gasteiger charge is 2.43. The monoisotopic (exact) mass is 561 g/mol. The average molecular weight is 562 g/mol. The summed E-state index contributed by atoms with van der Waals surface area (Å²) in [6.07, 6.45) is 0.106. The molecule has 9 nitrogen and oxygen atoms in total. The first-order chi connectivity index (χ1) is 19.4. The fourth-order valence-corrected chi connectivity index (χ4v) is 5.22. The van der Waals surface area contributed by atoms with Crippen molar-refractivity contribution >= 4 is 46.5 Å². The minimum absolute atomic E-state index is 0.106. The van der Waals surface area contributed by atoms with E-state index < -0.39 is 24.4 Å². The number of hydrogen-bond acceptors (Lipinski definition) is 8. The average Bonchev–Trinajstić information content (AvgIpc) is 3.29. The van der Waals surface area contributed by atoms with Crippen LogP contribution in [0.2, 0.25) is 5.02 Å². The number of esters is 1. The molecule has 1 atom stereocenters. The number of rotatable bonds is 8. The molecule has 0 spiro atoms. The van der Waals surface area contributed by atoms with Gasteiger partial charge in [0.2, 0.25) is 11.7 Å². The molecule has 5 rings (SSSR count). The Kier molecular flexibility index (Phi) is 8.14. The van der Waals surface area contributed by atoms with Gasteiger partial charge in [0.15, 0.2) is 6.61 Å². The Morgan fingerprint density at radius 1 is 0.875 bits per heavy atom. The van der Waals surface area contributed by atoms with Gasteiger partial charge < -0.3 is 14.4 Å². The van der Waals surface area contributed by atoms with Gasteiger partial charge in [-0.1, -0.05) is 23.7 Å². The molecular weight excluding hydrogens is 534 g/mol. The molecule has 10 heteroatoms. The third kappa shape index (κ3) is 5.71. The highest BCUT2D eigenvalue weighted by atomic mass is 35.5. The van der Waals surface area contributed by atoms with Crippen molar-refractivity contribution in [2.45, 2.75) is 12.5 Å². The van der Waals surface area contributed by atoms with E-state index in [4.69, 9.17) is 21.1 Å². The van der Waals surface area contributed by atoms with Gasteiger partial charge in [-0.3, -0.25) is 19.3 Å². The second-order valence-electron chi connectivity index (χ2n) is 9.53. The van der Waals surface area contributed by atoms with E-state index in [2.05, 4.69) is 9.80 Å². The molecule has 3 aromatic carbocycles. The van der Waals surface area contributed by atoms with Crippen LogP contribution in [0.3, 0.4) is 0 Å². The summed E-state index contributed by atoms with van der Waals surface area (Å²) in [6, 6.07) is 19.9. The Bertz CT molecular complexity index is 1420. The van der Waals surface area contributed by atoms with Gasteiger partial charge >= 0.3 is 5.97 Å². The van der Waals surface area contributed by atoms with E-state index in [1.165, 1.54) is 29.2 Å². The number of ketones is 1. The molecule has 206 valence electrons. The number of carbonyl (C=O) groups excluding carboxylic acids is 4. The predicted octanol–water partition coefficient (Wildman–Crippen LogP) is 3.84. The molecular formula is C30H28ClN3O6. The third-order valence-corrected chi connectivity index (χ3v) is 7.51. The van der Waals surface area contributed by atoms with Crippen LogP contribution in [0.4, 0.5) is 11.4 Å². The fourth-order valence-electron chi connectivity index (χ4n) is 4.98. The largest absolute Gasteiger partial charge is 0.497 e. The third-order valence-electron chi connectivity index (χ3n) is 7.19. The standard InChI is InChI=1S/C30H28ClN3O6/c1-39-23-12-10-21(11-13-23)32-14-16-33(17-15-32)26-18-28(36)34(29(26)37)22-8-6-20(7-9-22)30(38)40-19-27(35)24-4-2-3-5-25(24)31/h2-13,26H,14-19H2,1H3. The number of hydrogen-bond donors (Lipinski definition) is 0. The first-order valence-electron chi connectivity index (χ1n) is 12.9. The SMILES string of the molecule is COc1ccc(N2CCN(C3CC(=O)N(c4ccc(C(=O)OCC(=O)c5ccccc5Cl)cc4)C3=O)CC2)cc1. The van der Waals surface area contributed by atoms with Crippen LogP contribution in [0, 0.1) is 0 Å². The molecule has 2 heterocycles. The summed E-state index contributed by atoms with van der Waals surface area (Å²) in [7, 11) is 1.63. The van der Waals surface area contributed by atoms with Gasteiger partial charge in [-0.05, 0) is 60.7 Å². The van der Waals surface area contributed by atoms with Crippen molar-refractivity contribution in [1.29, 1.82) is 0 Å². The second kappa shape index (κ2) is 11.9. The number of anilines is 2. The number of benzene rings is 3. The number of piperazine rings is 1. The van der Waals surface area contributed by atoms with E-state index in [1.807, 2.05) is 24.3 Å². The lowest BCUT2D eigenvalue weighted by atomic mass is 10.1. The van der Waals surface area contributed by atoms with Crippen LogP contribution >= 0.6 is 11.6 Å². The van der Waals surface area contributed by atoms with Crippen molar-refractivity contribution < 1.29 is 28.7 Å². The molecule has 0 saturated carbocycles. The van der Waals surface area contributed by atoms with Crippen molar-refractivity contribution in [2.24, 2.45) is 0 Å². The van der Waals surface area contributed by atoms with Crippen molar-refractivity contribution in [3.8, 4) is 5.75 Å². The maximum absolute atomic E-state index is 13.3. The summed E-state index contributed by atoms with van der Waals surface area (Å²) in [6.45, 7) is 2.32. The topological polar surface area (TPSA) is 96.5 Å². The number of nitrogens with zero attached hydrogens (tertiary/aromatic N) is 3. The minimum Gasteiger partial charge on any atom is -0.497 e. The van der Waals surface area contributed by atoms with Gasteiger partial charge in [0.25, 0.3) is 5.91 Å². The number of ether oxygens (including phenoxy) is 2. The highest BCUT2D eigenvalue weighted by Crippen LogP contribution is 2.28. The molecule has 40 heavy (non-hydrogen) atoms. The van der Waals surface area contributed by atoms with Crippen molar-refractivity contribution in [1.82, 2.24) is 4.90 Å². The molecule has 3 aromatic rings.